The van der Waals surface area contributed by atoms with Gasteiger partial charge in [0.05, 0.1) is 5.52 Å². The number of anilines is 2. The standard InChI is InChI=1S/C32H38F6N6O5S.C2HF3O2/c1-21(45)43-12-14-44(15-13-43)29-25-4-2-3-5-26(25)41-30(42-29)39-17-22-6-8-23(9-7-22)18-40-50(46,47)28-16-24(48-19-31(33,34)35)10-11-27(28)49-20-32(36,37)38;3-2(4,5)1(6)7/h2-5,10-11,16,22-23,40H,6-9,12-15,17-20H2,1H3,(H,39,41,42);(H,6,7). The van der Waals surface area contributed by atoms with Crippen molar-refractivity contribution in [2.45, 2.75) is 56.0 Å². The van der Waals surface area contributed by atoms with E-state index in [1.54, 1.807) is 11.8 Å². The molecule has 57 heavy (non-hydrogen) atoms. The Kier molecular flexibility index (Phi) is 14.7. The number of carboxylic acids is 1. The number of aromatic nitrogens is 2. The van der Waals surface area contributed by atoms with Crippen LogP contribution in [0.3, 0.4) is 0 Å². The predicted molar refractivity (Wildman–Crippen MR) is 186 cm³/mol. The first-order valence-corrected chi connectivity index (χ1v) is 18.8. The summed E-state index contributed by atoms with van der Waals surface area (Å²) >= 11 is 0. The summed E-state index contributed by atoms with van der Waals surface area (Å²) in [4.78, 5) is 33.4. The molecule has 3 aromatic rings. The molecule has 2 aromatic carbocycles. The van der Waals surface area contributed by atoms with Crippen LogP contribution in [0.5, 0.6) is 11.5 Å². The van der Waals surface area contributed by atoms with E-state index in [-0.39, 0.29) is 24.3 Å². The van der Waals surface area contributed by atoms with Crippen molar-refractivity contribution < 1.29 is 72.1 Å². The van der Waals surface area contributed by atoms with Crippen LogP contribution < -0.4 is 24.4 Å². The maximum Gasteiger partial charge on any atom is 0.490 e. The monoisotopic (exact) mass is 846 g/mol. The minimum Gasteiger partial charge on any atom is -0.484 e. The molecule has 1 saturated heterocycles. The Bertz CT molecular complexity index is 1950. The summed E-state index contributed by atoms with van der Waals surface area (Å²) in [5.41, 5.74) is 0.786. The van der Waals surface area contributed by atoms with Gasteiger partial charge in [-0.25, -0.2) is 22.9 Å². The highest BCUT2D eigenvalue weighted by Gasteiger charge is 2.38. The Hall–Kier alpha value is -4.80. The van der Waals surface area contributed by atoms with Gasteiger partial charge >= 0.3 is 24.5 Å². The van der Waals surface area contributed by atoms with Crippen molar-refractivity contribution in [1.82, 2.24) is 19.6 Å². The number of amides is 1. The second-order valence-corrected chi connectivity index (χ2v) is 15.0. The fourth-order valence-corrected chi connectivity index (χ4v) is 7.30. The lowest BCUT2D eigenvalue weighted by Crippen LogP contribution is -2.48. The van der Waals surface area contributed by atoms with E-state index in [1.165, 1.54) is 0 Å². The van der Waals surface area contributed by atoms with Crippen molar-refractivity contribution in [3.63, 3.8) is 0 Å². The number of aliphatic carboxylic acids is 1. The number of nitrogens with one attached hydrogen (secondary N) is 2. The molecule has 1 aromatic heterocycles. The number of alkyl halides is 9. The van der Waals surface area contributed by atoms with Crippen LogP contribution in [-0.4, -0.2) is 111 Å². The van der Waals surface area contributed by atoms with Gasteiger partial charge in [0.1, 0.15) is 22.2 Å². The number of sulfonamides is 1. The highest BCUT2D eigenvalue weighted by molar-refractivity contribution is 7.89. The number of carbonyl (C=O) groups excluding carboxylic acids is 1. The number of para-hydroxylation sites is 1. The third-order valence-electron chi connectivity index (χ3n) is 8.93. The van der Waals surface area contributed by atoms with Gasteiger partial charge < -0.3 is 29.7 Å². The van der Waals surface area contributed by atoms with Crippen LogP contribution in [0.2, 0.25) is 0 Å². The van der Waals surface area contributed by atoms with E-state index in [0.29, 0.717) is 57.6 Å². The van der Waals surface area contributed by atoms with Crippen molar-refractivity contribution >= 4 is 44.6 Å². The number of halogens is 9. The summed E-state index contributed by atoms with van der Waals surface area (Å²) in [7, 11) is -4.49. The lowest BCUT2D eigenvalue weighted by atomic mass is 9.82. The molecule has 0 radical (unpaired) electrons. The van der Waals surface area contributed by atoms with Gasteiger partial charge in [-0.15, -0.1) is 0 Å². The van der Waals surface area contributed by atoms with Crippen molar-refractivity contribution in [1.29, 1.82) is 0 Å². The topological polar surface area (TPSA) is 163 Å². The van der Waals surface area contributed by atoms with Gasteiger partial charge in [0.25, 0.3) is 0 Å². The summed E-state index contributed by atoms with van der Waals surface area (Å²) in [6, 6.07) is 10.2. The SMILES string of the molecule is CC(=O)N1CCN(c2nc(NCC3CCC(CNS(=O)(=O)c4cc(OCC(F)(F)F)ccc4OCC(F)(F)F)CC3)nc3ccccc23)CC1.O=C(O)C(F)(F)F. The molecule has 0 bridgehead atoms. The molecule has 23 heteroatoms. The Morgan fingerprint density at radius 2 is 1.39 bits per heavy atom. The minimum absolute atomic E-state index is 0.0249. The van der Waals surface area contributed by atoms with E-state index in [2.05, 4.69) is 24.4 Å². The van der Waals surface area contributed by atoms with Crippen molar-refractivity contribution in [2.75, 3.05) is 62.7 Å². The molecular weight excluding hydrogens is 807 g/mol. The average molecular weight is 847 g/mol. The zero-order valence-electron chi connectivity index (χ0n) is 30.2. The van der Waals surface area contributed by atoms with Gasteiger partial charge in [0.2, 0.25) is 21.9 Å². The van der Waals surface area contributed by atoms with Crippen LogP contribution >= 0.6 is 0 Å². The second kappa shape index (κ2) is 18.6. The third kappa shape index (κ3) is 14.0. The molecule has 0 unspecified atom stereocenters. The van der Waals surface area contributed by atoms with E-state index >= 15 is 0 Å². The second-order valence-electron chi connectivity index (χ2n) is 13.2. The van der Waals surface area contributed by atoms with E-state index in [9.17, 15) is 52.7 Å². The van der Waals surface area contributed by atoms with Crippen molar-refractivity contribution in [3.8, 4) is 11.5 Å². The number of carboxylic acid groups (broad SMARTS) is 1. The third-order valence-corrected chi connectivity index (χ3v) is 10.4. The van der Waals surface area contributed by atoms with E-state index in [0.717, 1.165) is 41.7 Å². The molecule has 1 saturated carbocycles. The quantitative estimate of drug-likeness (QED) is 0.183. The molecular formula is C34H39F9N6O7S. The number of fused-ring (bicyclic) bond motifs is 1. The number of ether oxygens (including phenoxy) is 2. The predicted octanol–water partition coefficient (Wildman–Crippen LogP) is 6.01. The minimum atomic E-state index is -5.08. The Labute approximate surface area is 320 Å². The van der Waals surface area contributed by atoms with Crippen LogP contribution in [-0.2, 0) is 19.6 Å². The van der Waals surface area contributed by atoms with E-state index in [1.807, 2.05) is 24.3 Å². The fourth-order valence-electron chi connectivity index (χ4n) is 6.03. The zero-order chi connectivity index (χ0) is 42.2. The highest BCUT2D eigenvalue weighted by atomic mass is 32.2. The van der Waals surface area contributed by atoms with E-state index in [4.69, 9.17) is 19.9 Å². The molecule has 13 nitrogen and oxygen atoms in total. The molecule has 316 valence electrons. The normalized spacial score (nSPS) is 18.1. The number of rotatable bonds is 12. The van der Waals surface area contributed by atoms with Crippen LogP contribution in [0.1, 0.15) is 32.6 Å². The summed E-state index contributed by atoms with van der Waals surface area (Å²) in [5, 5.41) is 11.4. The lowest BCUT2D eigenvalue weighted by molar-refractivity contribution is -0.192. The highest BCUT2D eigenvalue weighted by Crippen LogP contribution is 2.33. The number of nitrogens with zero attached hydrogens (tertiary/aromatic N) is 4. The van der Waals surface area contributed by atoms with Gasteiger partial charge in [0, 0.05) is 57.6 Å². The van der Waals surface area contributed by atoms with Gasteiger partial charge in [-0.05, 0) is 61.8 Å². The Balaban J connectivity index is 0.000000940. The van der Waals surface area contributed by atoms with Crippen LogP contribution in [0.4, 0.5) is 51.3 Å². The molecule has 2 fully saturated rings. The van der Waals surface area contributed by atoms with E-state index < -0.39 is 64.1 Å². The Morgan fingerprint density at radius 1 is 0.825 bits per heavy atom. The molecule has 3 N–H and O–H groups in total. The molecule has 1 aliphatic heterocycles. The number of hydrogen-bond acceptors (Lipinski definition) is 10. The molecule has 0 spiro atoms. The van der Waals surface area contributed by atoms with Gasteiger partial charge in [-0.1, -0.05) is 12.1 Å². The smallest absolute Gasteiger partial charge is 0.484 e. The van der Waals surface area contributed by atoms with Crippen molar-refractivity contribution in [3.05, 3.63) is 42.5 Å². The molecule has 2 heterocycles. The summed E-state index contributed by atoms with van der Waals surface area (Å²) in [6.45, 7) is 1.11. The van der Waals surface area contributed by atoms with Crippen LogP contribution in [0.15, 0.2) is 47.4 Å². The molecule has 2 aliphatic rings. The first-order chi connectivity index (χ1) is 26.5. The van der Waals surface area contributed by atoms with Gasteiger partial charge in [-0.2, -0.15) is 44.5 Å². The number of hydrogen-bond donors (Lipinski definition) is 3. The number of benzene rings is 2. The number of carbonyl (C=O) groups is 2. The Morgan fingerprint density at radius 3 is 1.95 bits per heavy atom. The number of piperazine rings is 1. The summed E-state index contributed by atoms with van der Waals surface area (Å²) in [5.74, 6) is -2.44. The molecule has 5 rings (SSSR count). The first-order valence-electron chi connectivity index (χ1n) is 17.3. The van der Waals surface area contributed by atoms with Gasteiger partial charge in [-0.3, -0.25) is 4.79 Å². The van der Waals surface area contributed by atoms with Gasteiger partial charge in [0.15, 0.2) is 13.2 Å². The van der Waals surface area contributed by atoms with Crippen LogP contribution in [0, 0.1) is 11.8 Å². The molecule has 0 atom stereocenters. The molecule has 1 aliphatic carbocycles. The fraction of sp³-hybridized carbons (Fsp3) is 0.529. The average Bonchev–Trinajstić information content (AvgIpc) is 3.14. The summed E-state index contributed by atoms with van der Waals surface area (Å²) in [6.07, 6.45) is -11.7. The molecule has 1 amide bonds. The van der Waals surface area contributed by atoms with Crippen molar-refractivity contribution in [2.24, 2.45) is 11.8 Å². The lowest BCUT2D eigenvalue weighted by Gasteiger charge is -2.35. The van der Waals surface area contributed by atoms with Crippen LogP contribution in [0.25, 0.3) is 10.9 Å². The maximum absolute atomic E-state index is 13.2. The summed E-state index contributed by atoms with van der Waals surface area (Å²) < 4.78 is 146. The first kappa shape index (κ1) is 44.9. The largest absolute Gasteiger partial charge is 0.490 e. The maximum atomic E-state index is 13.2. The zero-order valence-corrected chi connectivity index (χ0v) is 31.0.